The van der Waals surface area contributed by atoms with Crippen molar-refractivity contribution in [2.75, 3.05) is 5.32 Å². The van der Waals surface area contributed by atoms with E-state index in [4.69, 9.17) is 15.0 Å². The van der Waals surface area contributed by atoms with Gasteiger partial charge in [-0.2, -0.15) is 13.2 Å². The summed E-state index contributed by atoms with van der Waals surface area (Å²) in [6, 6.07) is 0.665. The van der Waals surface area contributed by atoms with Crippen LogP contribution in [0.1, 0.15) is 27.7 Å². The van der Waals surface area contributed by atoms with Gasteiger partial charge in [0.2, 0.25) is 0 Å². The van der Waals surface area contributed by atoms with Crippen LogP contribution < -0.4 is 21.8 Å². The molecule has 0 atom stereocenters. The molecule has 2 amide bonds. The zero-order valence-electron chi connectivity index (χ0n) is 17.9. The Labute approximate surface area is 182 Å². The fraction of sp³-hybridized carbons (Fsp3) is 0.350. The third-order valence-electron chi connectivity index (χ3n) is 5.04. The topological polar surface area (TPSA) is 85.6 Å². The number of nitrogens with one attached hydrogen (secondary N) is 2. The number of carbonyl (C=O) groups excluding carboxylic acids is 1. The van der Waals surface area contributed by atoms with Gasteiger partial charge in [-0.25, -0.2) is 13.6 Å². The van der Waals surface area contributed by atoms with Crippen molar-refractivity contribution in [2.24, 2.45) is 5.73 Å². The molecule has 0 aliphatic carbocycles. The second-order valence-corrected chi connectivity index (χ2v) is 8.01. The van der Waals surface area contributed by atoms with Crippen molar-refractivity contribution in [3.05, 3.63) is 60.0 Å². The van der Waals surface area contributed by atoms with Gasteiger partial charge in [-0.1, -0.05) is 6.58 Å². The Balaban J connectivity index is 2.15. The van der Waals surface area contributed by atoms with Gasteiger partial charge in [-0.15, -0.1) is 0 Å². The van der Waals surface area contributed by atoms with Crippen LogP contribution in [0.3, 0.4) is 0 Å². The molecule has 12 heteroatoms. The minimum absolute atomic E-state index is 0.0559. The molecule has 1 aromatic rings. The molecule has 0 radical (unpaired) electrons. The van der Waals surface area contributed by atoms with Crippen LogP contribution >= 0.6 is 0 Å². The number of benzene rings is 1. The van der Waals surface area contributed by atoms with Crippen molar-refractivity contribution < 1.29 is 36.1 Å². The number of hydrogen-bond donors (Lipinski definition) is 3. The van der Waals surface area contributed by atoms with Gasteiger partial charge >= 0.3 is 19.3 Å². The molecular weight excluding hydrogens is 436 g/mol. The second-order valence-electron chi connectivity index (χ2n) is 8.01. The number of alkyl halides is 3. The average molecular weight is 459 g/mol. The quantitative estimate of drug-likeness (QED) is 0.355. The highest BCUT2D eigenvalue weighted by Crippen LogP contribution is 2.36. The largest absolute Gasteiger partial charge is 0.495 e. The fourth-order valence-electron chi connectivity index (χ4n) is 2.67. The summed E-state index contributed by atoms with van der Waals surface area (Å²) in [6.45, 7) is 10.4. The Kier molecular flexibility index (Phi) is 7.10. The van der Waals surface area contributed by atoms with E-state index in [1.54, 1.807) is 27.7 Å². The molecule has 1 heterocycles. The van der Waals surface area contributed by atoms with Gasteiger partial charge in [0.1, 0.15) is 17.3 Å². The van der Waals surface area contributed by atoms with Gasteiger partial charge in [-0.05, 0) is 63.6 Å². The number of halogens is 5. The predicted molar refractivity (Wildman–Crippen MR) is 111 cm³/mol. The first-order valence-electron chi connectivity index (χ1n) is 9.36. The van der Waals surface area contributed by atoms with Crippen molar-refractivity contribution in [3.63, 3.8) is 0 Å². The van der Waals surface area contributed by atoms with Crippen molar-refractivity contribution in [1.29, 1.82) is 0 Å². The average Bonchev–Trinajstić information content (AvgIpc) is 2.84. The SMILES string of the molecule is C=C(/C=C(\C=C/N)C(F)(F)F)NC(=O)Nc1c(F)cc(B2OC(C)(C)C(C)(C)O2)cc1F. The maximum absolute atomic E-state index is 14.5. The predicted octanol–water partition coefficient (Wildman–Crippen LogP) is 3.86. The maximum atomic E-state index is 14.5. The van der Waals surface area contributed by atoms with E-state index in [-0.39, 0.29) is 5.46 Å². The summed E-state index contributed by atoms with van der Waals surface area (Å²) in [5.41, 5.74) is 1.09. The van der Waals surface area contributed by atoms with Crippen LogP contribution in [-0.2, 0) is 9.31 Å². The van der Waals surface area contributed by atoms with Crippen LogP contribution in [0.4, 0.5) is 32.4 Å². The lowest BCUT2D eigenvalue weighted by atomic mass is 9.79. The minimum Gasteiger partial charge on any atom is -0.405 e. The molecule has 174 valence electrons. The first kappa shape index (κ1) is 25.4. The number of carbonyl (C=O) groups is 1. The summed E-state index contributed by atoms with van der Waals surface area (Å²) in [4.78, 5) is 12.0. The molecule has 1 aliphatic heterocycles. The lowest BCUT2D eigenvalue weighted by Gasteiger charge is -2.32. The summed E-state index contributed by atoms with van der Waals surface area (Å²) >= 11 is 0. The second kappa shape index (κ2) is 8.95. The molecule has 1 aliphatic rings. The number of hydrogen-bond acceptors (Lipinski definition) is 4. The summed E-state index contributed by atoms with van der Waals surface area (Å²) in [7, 11) is -1.03. The lowest BCUT2D eigenvalue weighted by molar-refractivity contribution is -0.0882. The molecule has 2 rings (SSSR count). The molecular formula is C20H23BF5N3O3. The van der Waals surface area contributed by atoms with Crippen molar-refractivity contribution >= 4 is 24.3 Å². The van der Waals surface area contributed by atoms with Gasteiger partial charge in [-0.3, -0.25) is 0 Å². The molecule has 0 spiro atoms. The van der Waals surface area contributed by atoms with E-state index >= 15 is 0 Å². The van der Waals surface area contributed by atoms with Crippen molar-refractivity contribution in [3.8, 4) is 0 Å². The molecule has 1 saturated heterocycles. The number of rotatable bonds is 5. The van der Waals surface area contributed by atoms with E-state index in [9.17, 15) is 26.7 Å². The van der Waals surface area contributed by atoms with Crippen LogP contribution in [0.15, 0.2) is 48.3 Å². The monoisotopic (exact) mass is 459 g/mol. The van der Waals surface area contributed by atoms with Crippen LogP contribution in [0.25, 0.3) is 0 Å². The summed E-state index contributed by atoms with van der Waals surface area (Å²) in [6.07, 6.45) is -3.01. The zero-order chi connectivity index (χ0) is 24.5. The molecule has 0 bridgehead atoms. The number of nitrogens with two attached hydrogens (primary N) is 1. The highest BCUT2D eigenvalue weighted by molar-refractivity contribution is 6.62. The van der Waals surface area contributed by atoms with Crippen LogP contribution in [0.5, 0.6) is 0 Å². The summed E-state index contributed by atoms with van der Waals surface area (Å²) in [5, 5.41) is 3.86. The fourth-order valence-corrected chi connectivity index (χ4v) is 2.67. The maximum Gasteiger partial charge on any atom is 0.495 e. The normalized spacial score (nSPS) is 18.2. The Morgan fingerprint density at radius 3 is 2.06 bits per heavy atom. The first-order valence-corrected chi connectivity index (χ1v) is 9.36. The molecule has 0 aromatic heterocycles. The summed E-state index contributed by atoms with van der Waals surface area (Å²) < 4.78 is 79.1. The van der Waals surface area contributed by atoms with E-state index in [2.05, 4.69) is 6.58 Å². The van der Waals surface area contributed by atoms with Gasteiger partial charge in [0.15, 0.2) is 0 Å². The Hall–Kier alpha value is -2.86. The number of anilines is 1. The summed E-state index contributed by atoms with van der Waals surface area (Å²) in [5.74, 6) is -2.26. The van der Waals surface area contributed by atoms with Gasteiger partial charge in [0.25, 0.3) is 0 Å². The highest BCUT2D eigenvalue weighted by atomic mass is 19.4. The molecule has 4 N–H and O–H groups in total. The smallest absolute Gasteiger partial charge is 0.405 e. The lowest BCUT2D eigenvalue weighted by Crippen LogP contribution is -2.41. The number of allylic oxidation sites excluding steroid dienone is 3. The van der Waals surface area contributed by atoms with E-state index in [0.29, 0.717) is 18.4 Å². The van der Waals surface area contributed by atoms with Gasteiger partial charge < -0.3 is 25.7 Å². The molecule has 0 saturated carbocycles. The van der Waals surface area contributed by atoms with E-state index in [1.165, 1.54) is 0 Å². The third kappa shape index (κ3) is 5.68. The van der Waals surface area contributed by atoms with Crippen LogP contribution in [0.2, 0.25) is 0 Å². The van der Waals surface area contributed by atoms with Gasteiger partial charge in [0.05, 0.1) is 16.8 Å². The Morgan fingerprint density at radius 2 is 1.62 bits per heavy atom. The van der Waals surface area contributed by atoms with E-state index in [0.717, 1.165) is 12.1 Å². The van der Waals surface area contributed by atoms with Crippen LogP contribution in [-0.4, -0.2) is 30.5 Å². The number of amides is 2. The minimum atomic E-state index is -4.75. The molecule has 1 aromatic carbocycles. The van der Waals surface area contributed by atoms with Crippen molar-refractivity contribution in [2.45, 2.75) is 45.1 Å². The van der Waals surface area contributed by atoms with Crippen LogP contribution in [0, 0.1) is 11.6 Å². The van der Waals surface area contributed by atoms with Crippen molar-refractivity contribution in [1.82, 2.24) is 5.32 Å². The molecule has 1 fully saturated rings. The molecule has 32 heavy (non-hydrogen) atoms. The number of urea groups is 1. The van der Waals surface area contributed by atoms with E-state index < -0.39 is 59.1 Å². The third-order valence-corrected chi connectivity index (χ3v) is 5.04. The first-order chi connectivity index (χ1) is 14.6. The highest BCUT2D eigenvalue weighted by Gasteiger charge is 2.52. The van der Waals surface area contributed by atoms with Gasteiger partial charge in [0, 0.05) is 5.70 Å². The standard InChI is InChI=1S/C20H23BF5N3O3/c1-11(8-12(6-7-27)20(24,25)26)28-17(30)29-16-14(22)9-13(10-15(16)23)21-31-18(2,3)19(4,5)32-21/h6-10H,1,27H2,2-5H3,(H2,28,29,30)/b7-6-,12-8+. The molecule has 0 unspecified atom stereocenters. The Bertz CT molecular complexity index is 935. The molecule has 6 nitrogen and oxygen atoms in total. The zero-order valence-corrected chi connectivity index (χ0v) is 17.9. The van der Waals surface area contributed by atoms with E-state index in [1.807, 2.05) is 10.6 Å². The Morgan fingerprint density at radius 1 is 1.12 bits per heavy atom.